The van der Waals surface area contributed by atoms with Gasteiger partial charge in [-0.25, -0.2) is 0 Å². The fraction of sp³-hybridized carbons (Fsp3) is 0.308. The first-order valence-corrected chi connectivity index (χ1v) is 5.21. The van der Waals surface area contributed by atoms with Crippen LogP contribution in [0.3, 0.4) is 0 Å². The molecular weight excluding hydrogens is 202 g/mol. The predicted molar refractivity (Wildman–Crippen MR) is 61.7 cm³/mol. The Hall–Kier alpha value is -1.79. The molecule has 1 atom stereocenters. The normalized spacial score (nSPS) is 22.0. The van der Waals surface area contributed by atoms with E-state index in [1.807, 2.05) is 12.1 Å². The molecule has 16 heavy (non-hydrogen) atoms. The smallest absolute Gasteiger partial charge is 0.261 e. The molecule has 82 valence electrons. The molecule has 0 spiro atoms. The molecule has 1 aromatic carbocycles. The van der Waals surface area contributed by atoms with E-state index in [0.29, 0.717) is 24.1 Å². The van der Waals surface area contributed by atoms with Crippen LogP contribution in [0.1, 0.15) is 25.3 Å². The van der Waals surface area contributed by atoms with Gasteiger partial charge in [-0.1, -0.05) is 18.2 Å². The maximum Gasteiger partial charge on any atom is 0.261 e. The van der Waals surface area contributed by atoms with E-state index in [4.69, 9.17) is 0 Å². The summed E-state index contributed by atoms with van der Waals surface area (Å²) >= 11 is 0. The highest BCUT2D eigenvalue weighted by Gasteiger charge is 2.44. The first kappa shape index (κ1) is 10.7. The Morgan fingerprint density at radius 1 is 1.44 bits per heavy atom. The lowest BCUT2D eigenvalue weighted by Gasteiger charge is -2.19. The molecule has 0 saturated heterocycles. The maximum atomic E-state index is 11.7. The average molecular weight is 215 g/mol. The Kier molecular flexibility index (Phi) is 2.67. The van der Waals surface area contributed by atoms with E-state index in [0.717, 1.165) is 0 Å². The van der Waals surface area contributed by atoms with Crippen LogP contribution < -0.4 is 5.32 Å². The van der Waals surface area contributed by atoms with Crippen molar-refractivity contribution in [1.82, 2.24) is 0 Å². The molecule has 3 heteroatoms. The van der Waals surface area contributed by atoms with Crippen LogP contribution >= 0.6 is 0 Å². The highest BCUT2D eigenvalue weighted by Crippen LogP contribution is 2.38. The third kappa shape index (κ3) is 1.58. The summed E-state index contributed by atoms with van der Waals surface area (Å²) < 4.78 is 0. The lowest BCUT2D eigenvalue weighted by molar-refractivity contribution is -0.134. The molecule has 0 fully saturated rings. The molecule has 1 aromatic rings. The van der Waals surface area contributed by atoms with Gasteiger partial charge in [0.05, 0.1) is 0 Å². The molecule has 0 bridgehead atoms. The number of amides is 1. The highest BCUT2D eigenvalue weighted by atomic mass is 16.3. The molecule has 1 amide bonds. The van der Waals surface area contributed by atoms with Gasteiger partial charge in [-0.15, -0.1) is 11.8 Å². The second kappa shape index (κ2) is 3.99. The lowest BCUT2D eigenvalue weighted by Crippen LogP contribution is -2.33. The summed E-state index contributed by atoms with van der Waals surface area (Å²) in [6.07, 6.45) is 0.839. The van der Waals surface area contributed by atoms with E-state index in [2.05, 4.69) is 17.2 Å². The van der Waals surface area contributed by atoms with Gasteiger partial charge in [0.25, 0.3) is 5.91 Å². The number of rotatable bonds is 2. The predicted octanol–water partition coefficient (Wildman–Crippen LogP) is 1.63. The van der Waals surface area contributed by atoms with Gasteiger partial charge in [-0.05, 0) is 13.0 Å². The topological polar surface area (TPSA) is 49.3 Å². The molecule has 1 unspecified atom stereocenters. The Bertz CT molecular complexity index is 484. The Balaban J connectivity index is 2.32. The standard InChI is InChI=1S/C13H13NO2/c1-2-3-6-9-13(16)10-7-4-5-8-11(10)14-12(13)15/h4-5,7-8,16H,6,9H2,1H3,(H,14,15). The number of hydrogen-bond acceptors (Lipinski definition) is 2. The molecular formula is C13H13NO2. The van der Waals surface area contributed by atoms with Gasteiger partial charge in [0.15, 0.2) is 5.60 Å². The third-order valence-electron chi connectivity index (χ3n) is 2.79. The quantitative estimate of drug-likeness (QED) is 0.737. The maximum absolute atomic E-state index is 11.7. The summed E-state index contributed by atoms with van der Waals surface area (Å²) in [6.45, 7) is 1.74. The molecule has 3 nitrogen and oxygen atoms in total. The Morgan fingerprint density at radius 2 is 2.19 bits per heavy atom. The average Bonchev–Trinajstić information content (AvgIpc) is 2.53. The molecule has 2 rings (SSSR count). The second-order valence-corrected chi connectivity index (χ2v) is 3.79. The Morgan fingerprint density at radius 3 is 2.94 bits per heavy atom. The first-order valence-electron chi connectivity index (χ1n) is 5.21. The van der Waals surface area contributed by atoms with Crippen LogP contribution in [0.4, 0.5) is 5.69 Å². The van der Waals surface area contributed by atoms with Gasteiger partial charge in [-0.3, -0.25) is 4.79 Å². The zero-order valence-electron chi connectivity index (χ0n) is 9.08. The molecule has 1 heterocycles. The van der Waals surface area contributed by atoms with E-state index in [1.165, 1.54) is 0 Å². The van der Waals surface area contributed by atoms with Gasteiger partial charge in [0, 0.05) is 24.1 Å². The van der Waals surface area contributed by atoms with Crippen molar-refractivity contribution in [3.05, 3.63) is 29.8 Å². The number of hydrogen-bond donors (Lipinski definition) is 2. The summed E-state index contributed by atoms with van der Waals surface area (Å²) in [5.41, 5.74) is -0.0714. The van der Waals surface area contributed by atoms with Crippen LogP contribution in [0.2, 0.25) is 0 Å². The van der Waals surface area contributed by atoms with Gasteiger partial charge in [-0.2, -0.15) is 0 Å². The van der Waals surface area contributed by atoms with Crippen LogP contribution in [-0.4, -0.2) is 11.0 Å². The summed E-state index contributed by atoms with van der Waals surface area (Å²) in [5, 5.41) is 13.0. The van der Waals surface area contributed by atoms with Crippen molar-refractivity contribution in [2.24, 2.45) is 0 Å². The summed E-state index contributed by atoms with van der Waals surface area (Å²) in [7, 11) is 0. The van der Waals surface area contributed by atoms with Crippen molar-refractivity contribution in [2.75, 3.05) is 5.32 Å². The zero-order chi connectivity index (χ0) is 11.6. The number of carbonyl (C=O) groups is 1. The van der Waals surface area contributed by atoms with E-state index < -0.39 is 5.60 Å². The van der Waals surface area contributed by atoms with Crippen molar-refractivity contribution < 1.29 is 9.90 Å². The van der Waals surface area contributed by atoms with Gasteiger partial charge in [0.2, 0.25) is 0 Å². The fourth-order valence-corrected chi connectivity index (χ4v) is 1.92. The zero-order valence-corrected chi connectivity index (χ0v) is 9.08. The number of nitrogens with one attached hydrogen (secondary N) is 1. The number of carbonyl (C=O) groups excluding carboxylic acids is 1. The lowest BCUT2D eigenvalue weighted by atomic mass is 9.90. The number of benzene rings is 1. The first-order chi connectivity index (χ1) is 7.68. The van der Waals surface area contributed by atoms with Crippen LogP contribution in [-0.2, 0) is 10.4 Å². The van der Waals surface area contributed by atoms with Crippen LogP contribution in [0, 0.1) is 11.8 Å². The third-order valence-corrected chi connectivity index (χ3v) is 2.79. The Labute approximate surface area is 94.5 Å². The largest absolute Gasteiger partial charge is 0.375 e. The summed E-state index contributed by atoms with van der Waals surface area (Å²) in [5.74, 6) is 5.26. The number of para-hydroxylation sites is 1. The monoisotopic (exact) mass is 215 g/mol. The van der Waals surface area contributed by atoms with Crippen LogP contribution in [0.25, 0.3) is 0 Å². The molecule has 0 radical (unpaired) electrons. The van der Waals surface area contributed by atoms with Crippen molar-refractivity contribution in [3.8, 4) is 11.8 Å². The van der Waals surface area contributed by atoms with E-state index in [1.54, 1.807) is 19.1 Å². The number of fused-ring (bicyclic) bond motifs is 1. The van der Waals surface area contributed by atoms with E-state index in [9.17, 15) is 9.90 Å². The van der Waals surface area contributed by atoms with Crippen LogP contribution in [0.15, 0.2) is 24.3 Å². The van der Waals surface area contributed by atoms with Crippen molar-refractivity contribution in [3.63, 3.8) is 0 Å². The summed E-state index contributed by atoms with van der Waals surface area (Å²) in [4.78, 5) is 11.7. The number of anilines is 1. The van der Waals surface area contributed by atoms with Gasteiger partial charge in [0.1, 0.15) is 0 Å². The second-order valence-electron chi connectivity index (χ2n) is 3.79. The molecule has 1 aliphatic rings. The van der Waals surface area contributed by atoms with Gasteiger partial charge >= 0.3 is 0 Å². The summed E-state index contributed by atoms with van der Waals surface area (Å²) in [6, 6.07) is 7.20. The minimum Gasteiger partial charge on any atom is -0.375 e. The van der Waals surface area contributed by atoms with Crippen molar-refractivity contribution in [1.29, 1.82) is 0 Å². The fourth-order valence-electron chi connectivity index (χ4n) is 1.92. The van der Waals surface area contributed by atoms with Gasteiger partial charge < -0.3 is 10.4 Å². The van der Waals surface area contributed by atoms with E-state index >= 15 is 0 Å². The van der Waals surface area contributed by atoms with Crippen molar-refractivity contribution >= 4 is 11.6 Å². The SMILES string of the molecule is CC#CCCC1(O)C(=O)Nc2ccccc21. The van der Waals surface area contributed by atoms with E-state index in [-0.39, 0.29) is 5.91 Å². The molecule has 1 aliphatic heterocycles. The highest BCUT2D eigenvalue weighted by molar-refractivity contribution is 6.04. The minimum atomic E-state index is -1.42. The molecule has 0 aliphatic carbocycles. The molecule has 2 N–H and O–H groups in total. The van der Waals surface area contributed by atoms with Crippen LogP contribution in [0.5, 0.6) is 0 Å². The minimum absolute atomic E-state index is 0.330. The van der Waals surface area contributed by atoms with Crippen molar-refractivity contribution in [2.45, 2.75) is 25.4 Å². The number of aliphatic hydroxyl groups is 1. The molecule has 0 aromatic heterocycles. The molecule has 0 saturated carbocycles.